The number of carbonyl (C=O) groups is 2. The lowest BCUT2D eigenvalue weighted by molar-refractivity contribution is -0.137. The first-order valence-corrected chi connectivity index (χ1v) is 8.67. The number of nitrogens with zero attached hydrogens (tertiary/aromatic N) is 3. The van der Waals surface area contributed by atoms with Crippen LogP contribution in [0, 0.1) is 5.92 Å². The topological polar surface area (TPSA) is 112 Å². The predicted octanol–water partition coefficient (Wildman–Crippen LogP) is 0.0788. The van der Waals surface area contributed by atoms with Gasteiger partial charge in [0.25, 0.3) is 5.56 Å². The summed E-state index contributed by atoms with van der Waals surface area (Å²) in [5.41, 5.74) is 5.65. The maximum atomic E-state index is 12.7. The van der Waals surface area contributed by atoms with E-state index in [2.05, 4.69) is 9.97 Å². The van der Waals surface area contributed by atoms with Crippen molar-refractivity contribution >= 4 is 22.7 Å². The summed E-state index contributed by atoms with van der Waals surface area (Å²) in [6.45, 7) is 1.70. The Balaban J connectivity index is 1.69. The Kier molecular flexibility index (Phi) is 5.32. The molecule has 0 spiro atoms. The molecule has 2 heterocycles. The molecule has 1 aromatic carbocycles. The fourth-order valence-electron chi connectivity index (χ4n) is 3.45. The van der Waals surface area contributed by atoms with Crippen LogP contribution in [-0.4, -0.2) is 58.3 Å². The molecule has 8 heteroatoms. The largest absolute Gasteiger partial charge is 0.369 e. The van der Waals surface area contributed by atoms with Crippen molar-refractivity contribution in [2.45, 2.75) is 19.4 Å². The van der Waals surface area contributed by atoms with E-state index in [0.717, 1.165) is 19.4 Å². The standard InChI is InChI=1S/C18H23N5O3/c1-22(18(26)12-5-4-8-23(9-12)10-15(19)24)11-16-20-14-7-3-2-6-13(14)17(25)21-16/h2-3,6-7,12H,4-5,8-11H2,1H3,(H2,19,24)(H,20,21,25)/t12-/m0/s1. The van der Waals surface area contributed by atoms with Crippen LogP contribution in [0.3, 0.4) is 0 Å². The molecule has 2 amide bonds. The number of hydrogen-bond donors (Lipinski definition) is 2. The number of rotatable bonds is 5. The van der Waals surface area contributed by atoms with E-state index < -0.39 is 0 Å². The number of likely N-dealkylation sites (tertiary alicyclic amines) is 1. The second-order valence-corrected chi connectivity index (χ2v) is 6.76. The van der Waals surface area contributed by atoms with Gasteiger partial charge in [-0.15, -0.1) is 0 Å². The van der Waals surface area contributed by atoms with Crippen molar-refractivity contribution in [3.05, 3.63) is 40.4 Å². The van der Waals surface area contributed by atoms with E-state index in [1.807, 2.05) is 11.0 Å². The average molecular weight is 357 g/mol. The molecule has 1 aliphatic rings. The molecule has 1 aliphatic heterocycles. The highest BCUT2D eigenvalue weighted by molar-refractivity contribution is 5.80. The minimum absolute atomic E-state index is 0.0185. The SMILES string of the molecule is CN(Cc1nc2ccccc2c(=O)[nH]1)C(=O)[C@H]1CCCN(CC(N)=O)C1. The zero-order valence-electron chi connectivity index (χ0n) is 14.8. The molecule has 1 saturated heterocycles. The van der Waals surface area contributed by atoms with E-state index in [4.69, 9.17) is 5.73 Å². The summed E-state index contributed by atoms with van der Waals surface area (Å²) in [5, 5.41) is 0.527. The van der Waals surface area contributed by atoms with Crippen molar-refractivity contribution in [1.29, 1.82) is 0 Å². The van der Waals surface area contributed by atoms with Crippen molar-refractivity contribution in [3.8, 4) is 0 Å². The third-order valence-electron chi connectivity index (χ3n) is 4.66. The lowest BCUT2D eigenvalue weighted by Crippen LogP contribution is -2.46. The second-order valence-electron chi connectivity index (χ2n) is 6.76. The highest BCUT2D eigenvalue weighted by Crippen LogP contribution is 2.19. The van der Waals surface area contributed by atoms with Gasteiger partial charge in [-0.1, -0.05) is 12.1 Å². The quantitative estimate of drug-likeness (QED) is 0.787. The summed E-state index contributed by atoms with van der Waals surface area (Å²) in [6.07, 6.45) is 1.63. The molecule has 0 aliphatic carbocycles. The van der Waals surface area contributed by atoms with Crippen LogP contribution in [0.2, 0.25) is 0 Å². The number of hydrogen-bond acceptors (Lipinski definition) is 5. The van der Waals surface area contributed by atoms with Gasteiger partial charge in [0.1, 0.15) is 5.82 Å². The van der Waals surface area contributed by atoms with Crippen LogP contribution in [0.5, 0.6) is 0 Å². The van der Waals surface area contributed by atoms with Gasteiger partial charge in [-0.3, -0.25) is 19.3 Å². The van der Waals surface area contributed by atoms with E-state index >= 15 is 0 Å². The van der Waals surface area contributed by atoms with Crippen LogP contribution in [0.4, 0.5) is 0 Å². The first-order chi connectivity index (χ1) is 12.4. The average Bonchev–Trinajstić information content (AvgIpc) is 2.60. The Morgan fingerprint density at radius 3 is 2.92 bits per heavy atom. The molecule has 0 saturated carbocycles. The van der Waals surface area contributed by atoms with Crippen molar-refractivity contribution in [3.63, 3.8) is 0 Å². The number of aromatic amines is 1. The molecule has 1 atom stereocenters. The normalized spacial score (nSPS) is 18.0. The molecule has 1 aromatic heterocycles. The third-order valence-corrected chi connectivity index (χ3v) is 4.66. The minimum Gasteiger partial charge on any atom is -0.369 e. The van der Waals surface area contributed by atoms with Crippen molar-refractivity contribution in [2.24, 2.45) is 11.7 Å². The van der Waals surface area contributed by atoms with Crippen molar-refractivity contribution in [1.82, 2.24) is 19.8 Å². The van der Waals surface area contributed by atoms with Gasteiger partial charge >= 0.3 is 0 Å². The molecule has 0 radical (unpaired) electrons. The minimum atomic E-state index is -0.385. The summed E-state index contributed by atoms with van der Waals surface area (Å²) < 4.78 is 0. The maximum Gasteiger partial charge on any atom is 0.258 e. The number of aromatic nitrogens is 2. The maximum absolute atomic E-state index is 12.7. The van der Waals surface area contributed by atoms with Crippen LogP contribution >= 0.6 is 0 Å². The number of H-pyrrole nitrogens is 1. The first-order valence-electron chi connectivity index (χ1n) is 8.67. The van der Waals surface area contributed by atoms with Crippen molar-refractivity contribution in [2.75, 3.05) is 26.7 Å². The van der Waals surface area contributed by atoms with Gasteiger partial charge in [-0.05, 0) is 31.5 Å². The monoisotopic (exact) mass is 357 g/mol. The van der Waals surface area contributed by atoms with E-state index in [1.165, 1.54) is 0 Å². The zero-order valence-corrected chi connectivity index (χ0v) is 14.8. The highest BCUT2D eigenvalue weighted by Gasteiger charge is 2.28. The lowest BCUT2D eigenvalue weighted by atomic mass is 9.96. The van der Waals surface area contributed by atoms with Gasteiger partial charge in [-0.2, -0.15) is 0 Å². The number of benzene rings is 1. The highest BCUT2D eigenvalue weighted by atomic mass is 16.2. The predicted molar refractivity (Wildman–Crippen MR) is 97.2 cm³/mol. The number of primary amides is 1. The summed E-state index contributed by atoms with van der Waals surface area (Å²) in [7, 11) is 1.70. The van der Waals surface area contributed by atoms with Crippen LogP contribution in [0.15, 0.2) is 29.1 Å². The van der Waals surface area contributed by atoms with Crippen LogP contribution in [0.1, 0.15) is 18.7 Å². The zero-order chi connectivity index (χ0) is 18.7. The van der Waals surface area contributed by atoms with Crippen molar-refractivity contribution < 1.29 is 9.59 Å². The van der Waals surface area contributed by atoms with Gasteiger partial charge in [0.15, 0.2) is 0 Å². The van der Waals surface area contributed by atoms with E-state index in [-0.39, 0.29) is 36.4 Å². The van der Waals surface area contributed by atoms with Gasteiger partial charge in [-0.25, -0.2) is 4.98 Å². The molecular formula is C18H23N5O3. The number of para-hydroxylation sites is 1. The number of carbonyl (C=O) groups excluding carboxylic acids is 2. The molecule has 1 fully saturated rings. The Bertz CT molecular complexity index is 879. The molecular weight excluding hydrogens is 334 g/mol. The first kappa shape index (κ1) is 18.1. The number of amides is 2. The molecule has 3 N–H and O–H groups in total. The van der Waals surface area contributed by atoms with Gasteiger partial charge in [0, 0.05) is 13.6 Å². The summed E-state index contributed by atoms with van der Waals surface area (Å²) in [4.78, 5) is 46.7. The molecule has 0 unspecified atom stereocenters. The molecule has 0 bridgehead atoms. The second kappa shape index (κ2) is 7.65. The fourth-order valence-corrected chi connectivity index (χ4v) is 3.45. The number of fused-ring (bicyclic) bond motifs is 1. The fraction of sp³-hybridized carbons (Fsp3) is 0.444. The Labute approximate surface area is 151 Å². The van der Waals surface area contributed by atoms with E-state index in [1.54, 1.807) is 30.1 Å². The van der Waals surface area contributed by atoms with Crippen LogP contribution < -0.4 is 11.3 Å². The molecule has 3 rings (SSSR count). The number of nitrogens with one attached hydrogen (secondary N) is 1. The van der Waals surface area contributed by atoms with Crippen LogP contribution in [-0.2, 0) is 16.1 Å². The van der Waals surface area contributed by atoms with Crippen LogP contribution in [0.25, 0.3) is 10.9 Å². The third kappa shape index (κ3) is 4.08. The van der Waals surface area contributed by atoms with Gasteiger partial charge in [0.2, 0.25) is 11.8 Å². The molecule has 2 aromatic rings. The smallest absolute Gasteiger partial charge is 0.258 e. The van der Waals surface area contributed by atoms with Gasteiger partial charge in [0.05, 0.1) is 29.9 Å². The Hall–Kier alpha value is -2.74. The molecule has 138 valence electrons. The number of piperidine rings is 1. The Morgan fingerprint density at radius 2 is 2.15 bits per heavy atom. The molecule has 26 heavy (non-hydrogen) atoms. The van der Waals surface area contributed by atoms with E-state index in [9.17, 15) is 14.4 Å². The summed E-state index contributed by atoms with van der Waals surface area (Å²) >= 11 is 0. The lowest BCUT2D eigenvalue weighted by Gasteiger charge is -2.33. The van der Waals surface area contributed by atoms with E-state index in [0.29, 0.717) is 23.3 Å². The summed E-state index contributed by atoms with van der Waals surface area (Å²) in [6, 6.07) is 7.10. The number of nitrogens with two attached hydrogens (primary N) is 1. The van der Waals surface area contributed by atoms with Gasteiger partial charge < -0.3 is 15.6 Å². The Morgan fingerprint density at radius 1 is 1.38 bits per heavy atom. The summed E-state index contributed by atoms with van der Waals surface area (Å²) in [5.74, 6) is -0.131. The molecule has 8 nitrogen and oxygen atoms in total.